The van der Waals surface area contributed by atoms with E-state index >= 15 is 0 Å². The summed E-state index contributed by atoms with van der Waals surface area (Å²) in [4.78, 5) is 25.8. The van der Waals surface area contributed by atoms with Gasteiger partial charge in [0.2, 0.25) is 5.91 Å². The molecule has 2 fully saturated rings. The molecule has 20 heavy (non-hydrogen) atoms. The molecule has 0 aromatic rings. The molecule has 1 amide bonds. The molecule has 4 nitrogen and oxygen atoms in total. The van der Waals surface area contributed by atoms with Crippen LogP contribution in [0.1, 0.15) is 53.4 Å². The average molecular weight is 281 g/mol. The monoisotopic (exact) mass is 281 g/mol. The normalized spacial score (nSPS) is 42.6. The Bertz CT molecular complexity index is 395. The molecule has 4 heteroatoms. The Morgan fingerprint density at radius 3 is 2.30 bits per heavy atom. The maximum absolute atomic E-state index is 12.4. The lowest BCUT2D eigenvalue weighted by molar-refractivity contribution is -0.158. The lowest BCUT2D eigenvalue weighted by Crippen LogP contribution is -2.57. The highest BCUT2D eigenvalue weighted by atomic mass is 16.4. The third kappa shape index (κ3) is 2.70. The zero-order valence-corrected chi connectivity index (χ0v) is 13.0. The number of rotatable bonds is 2. The highest BCUT2D eigenvalue weighted by molar-refractivity contribution is 5.82. The first kappa shape index (κ1) is 15.3. The van der Waals surface area contributed by atoms with Crippen LogP contribution in [0.4, 0.5) is 0 Å². The van der Waals surface area contributed by atoms with Crippen molar-refractivity contribution in [1.29, 1.82) is 0 Å². The number of aliphatic carboxylic acids is 1. The zero-order chi connectivity index (χ0) is 15.0. The van der Waals surface area contributed by atoms with Gasteiger partial charge in [-0.2, -0.15) is 0 Å². The molecule has 2 aliphatic rings. The summed E-state index contributed by atoms with van der Waals surface area (Å²) in [6.45, 7) is 8.31. The van der Waals surface area contributed by atoms with Crippen LogP contribution >= 0.6 is 0 Å². The number of hydrogen-bond donors (Lipinski definition) is 1. The van der Waals surface area contributed by atoms with Crippen molar-refractivity contribution < 1.29 is 14.7 Å². The van der Waals surface area contributed by atoms with Crippen molar-refractivity contribution in [3.05, 3.63) is 0 Å². The van der Waals surface area contributed by atoms with Gasteiger partial charge in [-0.1, -0.05) is 20.8 Å². The van der Waals surface area contributed by atoms with E-state index in [0.29, 0.717) is 18.3 Å². The largest absolute Gasteiger partial charge is 0.481 e. The van der Waals surface area contributed by atoms with E-state index in [4.69, 9.17) is 0 Å². The fourth-order valence-electron chi connectivity index (χ4n) is 4.14. The van der Waals surface area contributed by atoms with Gasteiger partial charge in [0.1, 0.15) is 0 Å². The van der Waals surface area contributed by atoms with Crippen LogP contribution in [0.25, 0.3) is 0 Å². The Hall–Kier alpha value is -1.06. The molecule has 1 saturated heterocycles. The van der Waals surface area contributed by atoms with Gasteiger partial charge < -0.3 is 10.0 Å². The maximum Gasteiger partial charge on any atom is 0.308 e. The van der Waals surface area contributed by atoms with Crippen molar-refractivity contribution in [3.63, 3.8) is 0 Å². The summed E-state index contributed by atoms with van der Waals surface area (Å²) in [5, 5.41) is 9.44. The minimum Gasteiger partial charge on any atom is -0.481 e. The lowest BCUT2D eigenvalue weighted by Gasteiger charge is -2.47. The Balaban J connectivity index is 2.17. The number of carboxylic acids is 1. The number of amides is 1. The second kappa shape index (κ2) is 5.74. The molecular weight excluding hydrogens is 254 g/mol. The van der Waals surface area contributed by atoms with Crippen LogP contribution in [0.15, 0.2) is 0 Å². The predicted molar refractivity (Wildman–Crippen MR) is 77.2 cm³/mol. The molecule has 0 aromatic heterocycles. The molecule has 1 heterocycles. The Morgan fingerprint density at radius 2 is 1.75 bits per heavy atom. The number of likely N-dealkylation sites (tertiary alicyclic amines) is 1. The fraction of sp³-hybridized carbons (Fsp3) is 0.875. The number of hydrogen-bond acceptors (Lipinski definition) is 2. The van der Waals surface area contributed by atoms with Gasteiger partial charge in [-0.3, -0.25) is 9.59 Å². The van der Waals surface area contributed by atoms with Crippen LogP contribution in [0.3, 0.4) is 0 Å². The van der Waals surface area contributed by atoms with Crippen LogP contribution in [0, 0.1) is 23.7 Å². The van der Waals surface area contributed by atoms with Crippen LogP contribution in [-0.4, -0.2) is 34.0 Å². The number of carbonyl (C=O) groups is 2. The van der Waals surface area contributed by atoms with Gasteiger partial charge >= 0.3 is 5.97 Å². The van der Waals surface area contributed by atoms with Gasteiger partial charge in [0.25, 0.3) is 0 Å². The SMILES string of the molecule is CC1CCC(N2C(=O)CC(C)C(C(=O)O)C2C)CC1C. The van der Waals surface area contributed by atoms with E-state index < -0.39 is 11.9 Å². The smallest absolute Gasteiger partial charge is 0.308 e. The van der Waals surface area contributed by atoms with E-state index in [2.05, 4.69) is 13.8 Å². The Morgan fingerprint density at radius 1 is 1.10 bits per heavy atom. The Kier molecular flexibility index (Phi) is 4.40. The van der Waals surface area contributed by atoms with E-state index in [0.717, 1.165) is 19.3 Å². The molecule has 0 spiro atoms. The van der Waals surface area contributed by atoms with E-state index in [9.17, 15) is 14.7 Å². The minimum atomic E-state index is -0.764. The molecule has 114 valence electrons. The molecule has 1 aliphatic carbocycles. The molecule has 0 radical (unpaired) electrons. The fourth-order valence-corrected chi connectivity index (χ4v) is 4.14. The van der Waals surface area contributed by atoms with Gasteiger partial charge in [-0.05, 0) is 43.9 Å². The third-order valence-corrected chi connectivity index (χ3v) is 5.61. The molecule has 1 saturated carbocycles. The molecule has 2 rings (SSSR count). The number of nitrogens with zero attached hydrogens (tertiary/aromatic N) is 1. The number of carbonyl (C=O) groups excluding carboxylic acids is 1. The van der Waals surface area contributed by atoms with Crippen molar-refractivity contribution >= 4 is 11.9 Å². The van der Waals surface area contributed by atoms with Gasteiger partial charge in [0, 0.05) is 18.5 Å². The highest BCUT2D eigenvalue weighted by Gasteiger charge is 2.45. The van der Waals surface area contributed by atoms with Gasteiger partial charge in [0.15, 0.2) is 0 Å². The molecular formula is C16H27NO3. The summed E-state index contributed by atoms with van der Waals surface area (Å²) in [5.41, 5.74) is 0. The van der Waals surface area contributed by atoms with Gasteiger partial charge in [-0.25, -0.2) is 0 Å². The second-order valence-electron chi connectivity index (χ2n) is 7.01. The molecule has 6 unspecified atom stereocenters. The summed E-state index contributed by atoms with van der Waals surface area (Å²) in [6, 6.07) is 0.0485. The number of piperidine rings is 1. The molecule has 6 atom stereocenters. The van der Waals surface area contributed by atoms with Crippen LogP contribution in [-0.2, 0) is 9.59 Å². The van der Waals surface area contributed by atoms with E-state index in [1.807, 2.05) is 18.7 Å². The quantitative estimate of drug-likeness (QED) is 0.846. The van der Waals surface area contributed by atoms with Crippen molar-refractivity contribution in [1.82, 2.24) is 4.90 Å². The molecule has 1 aliphatic heterocycles. The first-order valence-electron chi connectivity index (χ1n) is 7.86. The van der Waals surface area contributed by atoms with E-state index in [1.165, 1.54) is 0 Å². The van der Waals surface area contributed by atoms with E-state index in [-0.39, 0.29) is 23.9 Å². The van der Waals surface area contributed by atoms with Crippen LogP contribution in [0.5, 0.6) is 0 Å². The first-order valence-corrected chi connectivity index (χ1v) is 7.86. The maximum atomic E-state index is 12.4. The molecule has 1 N–H and O–H groups in total. The molecule has 0 aromatic carbocycles. The van der Waals surface area contributed by atoms with Gasteiger partial charge in [0.05, 0.1) is 5.92 Å². The minimum absolute atomic E-state index is 0.0637. The average Bonchev–Trinajstić information content (AvgIpc) is 2.32. The standard InChI is InChI=1S/C16H27NO3/c1-9-5-6-13(7-10(9)2)17-12(4)15(16(19)20)11(3)8-14(17)18/h9-13,15H,5-8H2,1-4H3,(H,19,20). The number of carboxylic acid groups (broad SMARTS) is 1. The summed E-state index contributed by atoms with van der Waals surface area (Å²) in [5.74, 6) is 0.203. The molecule has 0 bridgehead atoms. The second-order valence-corrected chi connectivity index (χ2v) is 7.01. The van der Waals surface area contributed by atoms with Gasteiger partial charge in [-0.15, -0.1) is 0 Å². The zero-order valence-electron chi connectivity index (χ0n) is 13.0. The summed E-state index contributed by atoms with van der Waals surface area (Å²) >= 11 is 0. The topological polar surface area (TPSA) is 57.6 Å². The predicted octanol–water partition coefficient (Wildman–Crippen LogP) is 2.77. The van der Waals surface area contributed by atoms with Crippen molar-refractivity contribution in [3.8, 4) is 0 Å². The van der Waals surface area contributed by atoms with Crippen LogP contribution in [0.2, 0.25) is 0 Å². The lowest BCUT2D eigenvalue weighted by atomic mass is 9.75. The first-order chi connectivity index (χ1) is 9.32. The van der Waals surface area contributed by atoms with Crippen molar-refractivity contribution in [2.45, 2.75) is 65.5 Å². The summed E-state index contributed by atoms with van der Waals surface area (Å²) in [6.07, 6.45) is 3.54. The van der Waals surface area contributed by atoms with E-state index in [1.54, 1.807) is 0 Å². The highest BCUT2D eigenvalue weighted by Crippen LogP contribution is 2.38. The summed E-state index contributed by atoms with van der Waals surface area (Å²) in [7, 11) is 0. The Labute approximate surface area is 121 Å². The third-order valence-electron chi connectivity index (χ3n) is 5.61. The van der Waals surface area contributed by atoms with Crippen molar-refractivity contribution in [2.75, 3.05) is 0 Å². The van der Waals surface area contributed by atoms with Crippen molar-refractivity contribution in [2.24, 2.45) is 23.7 Å². The van der Waals surface area contributed by atoms with Crippen LogP contribution < -0.4 is 0 Å². The summed E-state index contributed by atoms with van der Waals surface area (Å²) < 4.78 is 0.